The highest BCUT2D eigenvalue weighted by Crippen LogP contribution is 2.39. The second-order valence-corrected chi connectivity index (χ2v) is 8.42. The Kier molecular flexibility index (Phi) is 5.05. The average molecular weight is 451 g/mol. The number of anilines is 2. The lowest BCUT2D eigenvalue weighted by Crippen LogP contribution is -2.27. The molecule has 1 fully saturated rings. The van der Waals surface area contributed by atoms with E-state index in [-0.39, 0.29) is 23.5 Å². The molecule has 0 aliphatic heterocycles. The van der Waals surface area contributed by atoms with E-state index in [2.05, 4.69) is 32.3 Å². The van der Waals surface area contributed by atoms with E-state index in [1.54, 1.807) is 24.1 Å². The molecule has 4 aromatic rings. The Morgan fingerprint density at radius 3 is 2.78 bits per heavy atom. The fourth-order valence-electron chi connectivity index (χ4n) is 4.06. The predicted octanol–water partition coefficient (Wildman–Crippen LogP) is 3.72. The molecule has 0 radical (unpaired) electrons. The van der Waals surface area contributed by atoms with Gasteiger partial charge in [0.05, 0.1) is 16.5 Å². The van der Waals surface area contributed by atoms with E-state index in [0.29, 0.717) is 27.6 Å². The standard InChI is InChI=1S/C22H23ClN8O/c1-3-15(28-20-18(19(24)25-10-26-20)21-27-11-30(2)29-21)16-9-12-5-4-6-14(23)17(12)22(32)31(16)13-7-8-13/h4-6,9-11,13,15H,3,7-8H2,1-2H3,(H3,24,25,26,28). The molecule has 1 unspecified atom stereocenters. The summed E-state index contributed by atoms with van der Waals surface area (Å²) in [6.45, 7) is 2.06. The summed E-state index contributed by atoms with van der Waals surface area (Å²) in [4.78, 5) is 26.3. The number of hydrogen-bond acceptors (Lipinski definition) is 7. The van der Waals surface area contributed by atoms with Gasteiger partial charge in [-0.15, -0.1) is 0 Å². The third-order valence-corrected chi connectivity index (χ3v) is 6.06. The van der Waals surface area contributed by atoms with Crippen molar-refractivity contribution in [2.45, 2.75) is 38.3 Å². The maximum atomic E-state index is 13.5. The molecule has 164 valence electrons. The molecule has 1 saturated carbocycles. The summed E-state index contributed by atoms with van der Waals surface area (Å²) in [5.74, 6) is 1.25. The zero-order valence-corrected chi connectivity index (χ0v) is 18.5. The van der Waals surface area contributed by atoms with E-state index in [1.807, 2.05) is 22.8 Å². The summed E-state index contributed by atoms with van der Waals surface area (Å²) in [5, 5.41) is 9.70. The van der Waals surface area contributed by atoms with Gasteiger partial charge >= 0.3 is 0 Å². The molecular formula is C22H23ClN8O. The highest BCUT2D eigenvalue weighted by atomic mass is 35.5. The first-order chi connectivity index (χ1) is 15.5. The number of nitrogens with one attached hydrogen (secondary N) is 1. The van der Waals surface area contributed by atoms with Gasteiger partial charge in [-0.25, -0.2) is 15.0 Å². The SMILES string of the molecule is CCC(Nc1ncnc(N)c1-c1ncn(C)n1)c1cc2cccc(Cl)c2c(=O)n1C1CC1. The molecule has 1 aromatic carbocycles. The minimum atomic E-state index is -0.191. The molecule has 9 nitrogen and oxygen atoms in total. The lowest BCUT2D eigenvalue weighted by molar-refractivity contribution is 0.604. The predicted molar refractivity (Wildman–Crippen MR) is 125 cm³/mol. The van der Waals surface area contributed by atoms with E-state index in [4.69, 9.17) is 17.3 Å². The van der Waals surface area contributed by atoms with Crippen molar-refractivity contribution < 1.29 is 0 Å². The minimum Gasteiger partial charge on any atom is -0.383 e. The number of nitrogens with two attached hydrogens (primary N) is 1. The molecule has 10 heteroatoms. The number of benzene rings is 1. The quantitative estimate of drug-likeness (QED) is 0.459. The summed E-state index contributed by atoms with van der Waals surface area (Å²) < 4.78 is 3.49. The smallest absolute Gasteiger partial charge is 0.260 e. The van der Waals surface area contributed by atoms with Gasteiger partial charge in [-0.3, -0.25) is 9.48 Å². The molecule has 1 atom stereocenters. The minimum absolute atomic E-state index is 0.0559. The van der Waals surface area contributed by atoms with Gasteiger partial charge in [-0.1, -0.05) is 30.7 Å². The van der Waals surface area contributed by atoms with Crippen LogP contribution in [0.3, 0.4) is 0 Å². The zero-order chi connectivity index (χ0) is 22.4. The highest BCUT2D eigenvalue weighted by Gasteiger charge is 2.31. The van der Waals surface area contributed by atoms with Crippen molar-refractivity contribution in [2.24, 2.45) is 7.05 Å². The molecule has 32 heavy (non-hydrogen) atoms. The maximum absolute atomic E-state index is 13.5. The monoisotopic (exact) mass is 450 g/mol. The van der Waals surface area contributed by atoms with Crippen molar-refractivity contribution in [3.05, 3.63) is 58.0 Å². The molecule has 3 N–H and O–H groups in total. The van der Waals surface area contributed by atoms with E-state index >= 15 is 0 Å². The van der Waals surface area contributed by atoms with Gasteiger partial charge in [-0.2, -0.15) is 5.10 Å². The first kappa shape index (κ1) is 20.4. The van der Waals surface area contributed by atoms with Gasteiger partial charge in [0, 0.05) is 18.8 Å². The van der Waals surface area contributed by atoms with Crippen molar-refractivity contribution in [3.63, 3.8) is 0 Å². The Morgan fingerprint density at radius 2 is 2.09 bits per heavy atom. The number of hydrogen-bond donors (Lipinski definition) is 2. The molecule has 1 aliphatic rings. The third kappa shape index (κ3) is 3.48. The van der Waals surface area contributed by atoms with Crippen molar-refractivity contribution in [1.82, 2.24) is 29.3 Å². The number of fused-ring (bicyclic) bond motifs is 1. The summed E-state index contributed by atoms with van der Waals surface area (Å²) in [7, 11) is 1.78. The number of aromatic nitrogens is 6. The van der Waals surface area contributed by atoms with Crippen LogP contribution in [-0.2, 0) is 7.05 Å². The number of nitrogens with zero attached hydrogens (tertiary/aromatic N) is 6. The van der Waals surface area contributed by atoms with E-state index in [9.17, 15) is 4.79 Å². The first-order valence-electron chi connectivity index (χ1n) is 10.5. The van der Waals surface area contributed by atoms with Crippen LogP contribution in [-0.4, -0.2) is 29.3 Å². The second-order valence-electron chi connectivity index (χ2n) is 8.01. The summed E-state index contributed by atoms with van der Waals surface area (Å²) in [6.07, 6.45) is 5.68. The van der Waals surface area contributed by atoms with Crippen LogP contribution < -0.4 is 16.6 Å². The molecule has 0 amide bonds. The number of halogens is 1. The third-order valence-electron chi connectivity index (χ3n) is 5.75. The van der Waals surface area contributed by atoms with Crippen LogP contribution in [0, 0.1) is 0 Å². The van der Waals surface area contributed by atoms with Crippen molar-refractivity contribution >= 4 is 34.0 Å². The Hall–Kier alpha value is -3.46. The molecular weight excluding hydrogens is 428 g/mol. The fourth-order valence-corrected chi connectivity index (χ4v) is 4.33. The van der Waals surface area contributed by atoms with E-state index in [0.717, 1.165) is 30.3 Å². The second kappa shape index (κ2) is 7.90. The van der Waals surface area contributed by atoms with Gasteiger partial charge in [0.15, 0.2) is 5.82 Å². The Balaban J connectivity index is 1.64. The number of rotatable bonds is 6. The molecule has 3 aromatic heterocycles. The normalized spacial score (nSPS) is 14.6. The van der Waals surface area contributed by atoms with Crippen LogP contribution in [0.5, 0.6) is 0 Å². The molecule has 0 saturated heterocycles. The van der Waals surface area contributed by atoms with Crippen molar-refractivity contribution in [1.29, 1.82) is 0 Å². The van der Waals surface area contributed by atoms with Crippen molar-refractivity contribution in [2.75, 3.05) is 11.1 Å². The van der Waals surface area contributed by atoms with E-state index in [1.165, 1.54) is 6.33 Å². The highest BCUT2D eigenvalue weighted by molar-refractivity contribution is 6.35. The van der Waals surface area contributed by atoms with Crippen LogP contribution in [0.25, 0.3) is 22.2 Å². The number of aryl methyl sites for hydroxylation is 1. The lowest BCUT2D eigenvalue weighted by Gasteiger charge is -2.24. The van der Waals surface area contributed by atoms with Crippen LogP contribution in [0.1, 0.15) is 44.0 Å². The van der Waals surface area contributed by atoms with Crippen LogP contribution in [0.15, 0.2) is 41.7 Å². The van der Waals surface area contributed by atoms with Crippen LogP contribution >= 0.6 is 11.6 Å². The maximum Gasteiger partial charge on any atom is 0.260 e. The van der Waals surface area contributed by atoms with Gasteiger partial charge in [-0.05, 0) is 36.8 Å². The van der Waals surface area contributed by atoms with Crippen molar-refractivity contribution in [3.8, 4) is 11.4 Å². The summed E-state index contributed by atoms with van der Waals surface area (Å²) in [6, 6.07) is 7.57. The molecule has 0 bridgehead atoms. The summed E-state index contributed by atoms with van der Waals surface area (Å²) >= 11 is 6.39. The first-order valence-corrected chi connectivity index (χ1v) is 10.9. The molecule has 1 aliphatic carbocycles. The number of pyridine rings is 1. The topological polar surface area (TPSA) is 117 Å². The fraction of sp³-hybridized carbons (Fsp3) is 0.318. The van der Waals surface area contributed by atoms with Gasteiger partial charge in [0.2, 0.25) is 0 Å². The Labute approximate surface area is 189 Å². The molecule has 0 spiro atoms. The summed E-state index contributed by atoms with van der Waals surface area (Å²) in [5.41, 5.74) is 7.55. The largest absolute Gasteiger partial charge is 0.383 e. The number of nitrogen functional groups attached to an aromatic ring is 1. The molecule has 5 rings (SSSR count). The Bertz CT molecular complexity index is 1370. The zero-order valence-electron chi connectivity index (χ0n) is 17.8. The Morgan fingerprint density at radius 1 is 1.28 bits per heavy atom. The molecule has 3 heterocycles. The van der Waals surface area contributed by atoms with Gasteiger partial charge in [0.1, 0.15) is 29.9 Å². The van der Waals surface area contributed by atoms with Gasteiger partial charge in [0.25, 0.3) is 5.56 Å². The van der Waals surface area contributed by atoms with Crippen LogP contribution in [0.2, 0.25) is 5.02 Å². The van der Waals surface area contributed by atoms with E-state index < -0.39 is 0 Å². The van der Waals surface area contributed by atoms with Crippen LogP contribution in [0.4, 0.5) is 11.6 Å². The lowest BCUT2D eigenvalue weighted by atomic mass is 10.0. The average Bonchev–Trinajstić information content (AvgIpc) is 3.51. The van der Waals surface area contributed by atoms with Gasteiger partial charge < -0.3 is 15.6 Å².